The lowest BCUT2D eigenvalue weighted by Gasteiger charge is -2.26. The third-order valence-corrected chi connectivity index (χ3v) is 9.88. The second-order valence-electron chi connectivity index (χ2n) is 12.9. The van der Waals surface area contributed by atoms with Gasteiger partial charge in [0.25, 0.3) is 5.91 Å². The zero-order valence-electron chi connectivity index (χ0n) is 26.6. The first-order valence-electron chi connectivity index (χ1n) is 15.2. The topological polar surface area (TPSA) is 125 Å². The number of piperidine rings is 1. The molecule has 0 unspecified atom stereocenters. The highest BCUT2D eigenvalue weighted by atomic mass is 32.2. The minimum absolute atomic E-state index is 0.00878. The van der Waals surface area contributed by atoms with Gasteiger partial charge in [-0.05, 0) is 96.4 Å². The molecule has 1 fully saturated rings. The molecular formula is C33H39N5O6S. The van der Waals surface area contributed by atoms with Gasteiger partial charge in [0.05, 0.1) is 28.2 Å². The Morgan fingerprint density at radius 3 is 2.44 bits per heavy atom. The van der Waals surface area contributed by atoms with E-state index in [1.54, 1.807) is 47.7 Å². The summed E-state index contributed by atoms with van der Waals surface area (Å²) in [5.41, 5.74) is 3.38. The van der Waals surface area contributed by atoms with Crippen LogP contribution < -0.4 is 9.50 Å². The summed E-state index contributed by atoms with van der Waals surface area (Å²) in [5, 5.41) is 7.85. The van der Waals surface area contributed by atoms with Crippen molar-refractivity contribution in [3.8, 4) is 17.0 Å². The van der Waals surface area contributed by atoms with Gasteiger partial charge >= 0.3 is 16.2 Å². The highest BCUT2D eigenvalue weighted by Crippen LogP contribution is 2.39. The van der Waals surface area contributed by atoms with Crippen molar-refractivity contribution >= 4 is 33.0 Å². The van der Waals surface area contributed by atoms with E-state index in [0.717, 1.165) is 30.6 Å². The Kier molecular flexibility index (Phi) is 7.77. The normalized spacial score (nSPS) is 15.7. The number of nitrogens with one attached hydrogen (secondary N) is 1. The summed E-state index contributed by atoms with van der Waals surface area (Å²) >= 11 is 0. The molecule has 0 bridgehead atoms. The fourth-order valence-electron chi connectivity index (χ4n) is 6.33. The fraction of sp³-hybridized carbons (Fsp3) is 0.424. The lowest BCUT2D eigenvalue weighted by atomic mass is 9.99. The molecule has 6 rings (SSSR count). The maximum atomic E-state index is 13.7. The summed E-state index contributed by atoms with van der Waals surface area (Å²) in [4.78, 5) is 29.4. The molecule has 1 N–H and O–H groups in total. The fourth-order valence-corrected chi connectivity index (χ4v) is 7.70. The molecule has 4 aromatic rings. The van der Waals surface area contributed by atoms with Crippen molar-refractivity contribution in [2.24, 2.45) is 7.05 Å². The summed E-state index contributed by atoms with van der Waals surface area (Å²) in [6, 6.07) is 11.1. The number of ether oxygens (including phenoxy) is 1. The molecule has 0 spiro atoms. The molecule has 0 aliphatic carbocycles. The Morgan fingerprint density at radius 1 is 1.04 bits per heavy atom. The number of hydrogen-bond acceptors (Lipinski definition) is 8. The van der Waals surface area contributed by atoms with Crippen LogP contribution in [0, 0.1) is 13.8 Å². The Labute approximate surface area is 263 Å². The maximum absolute atomic E-state index is 13.7. The van der Waals surface area contributed by atoms with Crippen molar-refractivity contribution < 1.29 is 26.9 Å². The van der Waals surface area contributed by atoms with Crippen molar-refractivity contribution in [3.63, 3.8) is 0 Å². The third kappa shape index (κ3) is 5.84. The van der Waals surface area contributed by atoms with E-state index in [1.807, 2.05) is 18.2 Å². The van der Waals surface area contributed by atoms with Gasteiger partial charge < -0.3 is 14.2 Å². The van der Waals surface area contributed by atoms with Gasteiger partial charge in [0.15, 0.2) is 0 Å². The molecule has 2 aliphatic heterocycles. The Morgan fingerprint density at radius 2 is 1.78 bits per heavy atom. The quantitative estimate of drug-likeness (QED) is 0.279. The zero-order chi connectivity index (χ0) is 32.3. The predicted molar refractivity (Wildman–Crippen MR) is 170 cm³/mol. The van der Waals surface area contributed by atoms with Gasteiger partial charge in [-0.1, -0.05) is 12.5 Å². The molecule has 4 heterocycles. The van der Waals surface area contributed by atoms with Gasteiger partial charge in [-0.2, -0.15) is 13.5 Å². The minimum Gasteiger partial charge on any atom is -0.443 e. The Hall–Kier alpha value is -4.16. The van der Waals surface area contributed by atoms with Crippen molar-refractivity contribution in [2.75, 3.05) is 13.1 Å². The monoisotopic (exact) mass is 633 g/mol. The van der Waals surface area contributed by atoms with Crippen LogP contribution in [0.5, 0.6) is 5.75 Å². The molecule has 0 saturated carbocycles. The van der Waals surface area contributed by atoms with Crippen LogP contribution >= 0.6 is 0 Å². The molecule has 0 atom stereocenters. The van der Waals surface area contributed by atoms with E-state index in [2.05, 4.69) is 21.4 Å². The largest absolute Gasteiger partial charge is 0.443 e. The second kappa shape index (κ2) is 11.3. The molecule has 2 aliphatic rings. The van der Waals surface area contributed by atoms with E-state index in [4.69, 9.17) is 8.92 Å². The van der Waals surface area contributed by atoms with Crippen LogP contribution in [0.25, 0.3) is 22.2 Å². The smallest absolute Gasteiger partial charge is 0.419 e. The summed E-state index contributed by atoms with van der Waals surface area (Å²) in [6.07, 6.45) is 3.07. The van der Waals surface area contributed by atoms with Crippen LogP contribution in [-0.2, 0) is 35.0 Å². The van der Waals surface area contributed by atoms with Crippen LogP contribution in [-0.4, -0.2) is 58.4 Å². The van der Waals surface area contributed by atoms with E-state index in [1.165, 1.54) is 34.6 Å². The maximum Gasteiger partial charge on any atom is 0.419 e. The van der Waals surface area contributed by atoms with Crippen LogP contribution in [0.3, 0.4) is 0 Å². The highest BCUT2D eigenvalue weighted by Gasteiger charge is 2.33. The molecule has 45 heavy (non-hydrogen) atoms. The van der Waals surface area contributed by atoms with E-state index in [-0.39, 0.29) is 28.7 Å². The predicted octanol–water partition coefficient (Wildman–Crippen LogP) is 5.44. The number of fused-ring (bicyclic) bond motifs is 2. The first-order valence-corrected chi connectivity index (χ1v) is 16.6. The lowest BCUT2D eigenvalue weighted by Crippen LogP contribution is -2.29. The number of carbonyl (C=O) groups is 2. The second-order valence-corrected chi connectivity index (χ2v) is 14.4. The summed E-state index contributed by atoms with van der Waals surface area (Å²) in [5.74, 6) is -0.345. The van der Waals surface area contributed by atoms with Gasteiger partial charge in [0, 0.05) is 36.7 Å². The molecular weight excluding hydrogens is 594 g/mol. The number of carbonyl (C=O) groups excluding carboxylic acids is 2. The van der Waals surface area contributed by atoms with Crippen LogP contribution in [0.15, 0.2) is 41.3 Å². The van der Waals surface area contributed by atoms with E-state index < -0.39 is 21.8 Å². The first-order chi connectivity index (χ1) is 21.2. The average molecular weight is 634 g/mol. The number of benzene rings is 2. The van der Waals surface area contributed by atoms with Crippen LogP contribution in [0.2, 0.25) is 0 Å². The van der Waals surface area contributed by atoms with Gasteiger partial charge in [0.1, 0.15) is 16.2 Å². The first kappa shape index (κ1) is 30.8. The molecule has 11 nitrogen and oxygen atoms in total. The summed E-state index contributed by atoms with van der Waals surface area (Å²) < 4.78 is 41.3. The number of nitrogens with zero attached hydrogens (tertiary/aromatic N) is 4. The van der Waals surface area contributed by atoms with E-state index in [9.17, 15) is 18.0 Å². The number of hydrogen-bond donors (Lipinski definition) is 1. The SMILES string of the molecule is Cc1nn(C)c(C)c1S(=O)(=O)Oc1ccc(-c2cc3cc(CN4CCCCC4)ccc3n2C(=O)OC(C)(C)C)c2c1CNC2=O. The average Bonchev–Trinajstić information content (AvgIpc) is 3.61. The number of amides is 1. The minimum atomic E-state index is -4.26. The van der Waals surface area contributed by atoms with Crippen LogP contribution in [0.4, 0.5) is 4.79 Å². The van der Waals surface area contributed by atoms with E-state index in [0.29, 0.717) is 33.7 Å². The van der Waals surface area contributed by atoms with Crippen molar-refractivity contribution in [3.05, 3.63) is 64.5 Å². The van der Waals surface area contributed by atoms with Gasteiger partial charge in [-0.25, -0.2) is 9.36 Å². The Bertz CT molecular complexity index is 1940. The third-order valence-electron chi connectivity index (χ3n) is 8.39. The molecule has 0 radical (unpaired) electrons. The standard InChI is InChI=1S/C33H39N5O6S/c1-20-30(21(2)36(6)35-20)45(41,42)44-28-13-11-24(29-25(28)18-34-31(29)39)27-17-23-16-22(19-37-14-8-7-9-15-37)10-12-26(23)38(27)32(40)43-33(3,4)5/h10-13,16-17H,7-9,14-15,18-19H2,1-6H3,(H,34,39). The summed E-state index contributed by atoms with van der Waals surface area (Å²) in [6.45, 7) is 11.7. The van der Waals surface area contributed by atoms with Crippen LogP contribution in [0.1, 0.15) is 72.9 Å². The molecule has 1 amide bonds. The number of likely N-dealkylation sites (tertiary alicyclic amines) is 1. The Balaban J connectivity index is 1.46. The molecule has 1 saturated heterocycles. The van der Waals surface area contributed by atoms with Crippen molar-refractivity contribution in [1.82, 2.24) is 24.6 Å². The van der Waals surface area contributed by atoms with E-state index >= 15 is 0 Å². The molecule has 2 aromatic heterocycles. The number of aromatic nitrogens is 3. The lowest BCUT2D eigenvalue weighted by molar-refractivity contribution is 0.0546. The summed E-state index contributed by atoms with van der Waals surface area (Å²) in [7, 11) is -2.59. The number of aryl methyl sites for hydroxylation is 2. The zero-order valence-corrected chi connectivity index (χ0v) is 27.4. The highest BCUT2D eigenvalue weighted by molar-refractivity contribution is 7.87. The molecule has 238 valence electrons. The molecule has 2 aromatic carbocycles. The van der Waals surface area contributed by atoms with Crippen molar-refractivity contribution in [1.29, 1.82) is 0 Å². The van der Waals surface area contributed by atoms with Gasteiger partial charge in [-0.15, -0.1) is 0 Å². The van der Waals surface area contributed by atoms with Crippen molar-refractivity contribution in [2.45, 2.75) is 77.5 Å². The molecule has 12 heteroatoms. The van der Waals surface area contributed by atoms with Gasteiger partial charge in [0.2, 0.25) is 0 Å². The number of rotatable bonds is 6. The van der Waals surface area contributed by atoms with Gasteiger partial charge in [-0.3, -0.25) is 14.4 Å².